The Kier molecular flexibility index (Phi) is 11.7. The maximum atomic E-state index is 12.6. The van der Waals surface area contributed by atoms with Gasteiger partial charge in [0, 0.05) is 6.42 Å². The highest BCUT2D eigenvalue weighted by atomic mass is 16.6. The molecule has 0 heterocycles. The van der Waals surface area contributed by atoms with Crippen molar-refractivity contribution in [3.63, 3.8) is 0 Å². The number of aryl methyl sites for hydroxylation is 2. The molecule has 2 aromatic rings. The zero-order chi connectivity index (χ0) is 24.1. The quantitative estimate of drug-likeness (QED) is 0.282. The molecule has 0 saturated carbocycles. The lowest BCUT2D eigenvalue weighted by molar-refractivity contribution is -0.00188. The van der Waals surface area contributed by atoms with E-state index in [2.05, 4.69) is 13.8 Å². The molecule has 0 saturated heterocycles. The molecule has 0 aliphatic carbocycles. The van der Waals surface area contributed by atoms with Crippen LogP contribution in [0.1, 0.15) is 104 Å². The van der Waals surface area contributed by atoms with Gasteiger partial charge in [0.25, 0.3) is 0 Å². The first-order valence-corrected chi connectivity index (χ1v) is 12.6. The van der Waals surface area contributed by atoms with E-state index < -0.39 is 0 Å². The van der Waals surface area contributed by atoms with Crippen molar-refractivity contribution >= 4 is 11.9 Å². The number of hydrogen-bond acceptors (Lipinski definition) is 4. The second-order valence-corrected chi connectivity index (χ2v) is 8.71. The number of carbonyl (C=O) groups is 2. The Hall–Kier alpha value is -2.62. The van der Waals surface area contributed by atoms with E-state index >= 15 is 0 Å². The number of ether oxygens (including phenoxy) is 2. The molecule has 33 heavy (non-hydrogen) atoms. The molecule has 0 bridgehead atoms. The second kappa shape index (κ2) is 14.5. The van der Waals surface area contributed by atoms with Crippen molar-refractivity contribution in [3.05, 3.63) is 70.8 Å². The zero-order valence-corrected chi connectivity index (χ0v) is 20.8. The highest BCUT2D eigenvalue weighted by Crippen LogP contribution is 2.18. The monoisotopic (exact) mass is 452 g/mol. The normalized spacial score (nSPS) is 12.7. The van der Waals surface area contributed by atoms with Crippen LogP contribution in [0.2, 0.25) is 0 Å². The van der Waals surface area contributed by atoms with Crippen molar-refractivity contribution in [1.82, 2.24) is 0 Å². The molecule has 0 radical (unpaired) electrons. The lowest BCUT2D eigenvalue weighted by Crippen LogP contribution is -2.27. The molecule has 180 valence electrons. The van der Waals surface area contributed by atoms with Gasteiger partial charge in [0.1, 0.15) is 12.2 Å². The predicted octanol–water partition coefficient (Wildman–Crippen LogP) is 7.33. The SMILES string of the molecule is CCCCc1ccc(C(=O)OC(CC)CC(CC)OC(=O)c2ccc(CCCC)cc2)cc1. The fraction of sp³-hybridized carbons (Fsp3) is 0.517. The maximum absolute atomic E-state index is 12.6. The van der Waals surface area contributed by atoms with E-state index in [0.717, 1.165) is 38.5 Å². The highest BCUT2D eigenvalue weighted by Gasteiger charge is 2.22. The van der Waals surface area contributed by atoms with Crippen molar-refractivity contribution in [2.24, 2.45) is 0 Å². The largest absolute Gasteiger partial charge is 0.459 e. The topological polar surface area (TPSA) is 52.6 Å². The number of hydrogen-bond donors (Lipinski definition) is 0. The molecule has 4 nitrogen and oxygen atoms in total. The summed E-state index contributed by atoms with van der Waals surface area (Å²) in [6, 6.07) is 15.3. The fourth-order valence-electron chi connectivity index (χ4n) is 3.71. The predicted molar refractivity (Wildman–Crippen MR) is 134 cm³/mol. The molecule has 2 aromatic carbocycles. The summed E-state index contributed by atoms with van der Waals surface area (Å²) in [4.78, 5) is 25.3. The molecule has 2 atom stereocenters. The first-order valence-electron chi connectivity index (χ1n) is 12.6. The van der Waals surface area contributed by atoms with Gasteiger partial charge in [-0.25, -0.2) is 9.59 Å². The Labute approximate surface area is 199 Å². The summed E-state index contributed by atoms with van der Waals surface area (Å²) in [5.41, 5.74) is 3.58. The van der Waals surface area contributed by atoms with E-state index in [1.807, 2.05) is 62.4 Å². The van der Waals surface area contributed by atoms with Crippen LogP contribution in [0.4, 0.5) is 0 Å². The van der Waals surface area contributed by atoms with Crippen molar-refractivity contribution in [2.45, 2.75) is 97.7 Å². The summed E-state index contributed by atoms with van der Waals surface area (Å²) in [5.74, 6) is -0.652. The maximum Gasteiger partial charge on any atom is 0.338 e. The van der Waals surface area contributed by atoms with Gasteiger partial charge in [-0.3, -0.25) is 0 Å². The molecule has 0 fully saturated rings. The number of unbranched alkanes of at least 4 members (excludes halogenated alkanes) is 2. The third kappa shape index (κ3) is 9.03. The number of carbonyl (C=O) groups excluding carboxylic acids is 2. The first-order chi connectivity index (χ1) is 16.0. The molecule has 0 aromatic heterocycles. The van der Waals surface area contributed by atoms with Crippen LogP contribution in [0.25, 0.3) is 0 Å². The third-order valence-electron chi connectivity index (χ3n) is 6.00. The highest BCUT2D eigenvalue weighted by molar-refractivity contribution is 5.90. The van der Waals surface area contributed by atoms with E-state index in [-0.39, 0.29) is 24.1 Å². The van der Waals surface area contributed by atoms with Gasteiger partial charge in [0.2, 0.25) is 0 Å². The lowest BCUT2D eigenvalue weighted by Gasteiger charge is -2.22. The molecule has 2 rings (SSSR count). The summed E-state index contributed by atoms with van der Waals surface area (Å²) >= 11 is 0. The minimum Gasteiger partial charge on any atom is -0.459 e. The van der Waals surface area contributed by atoms with Crippen molar-refractivity contribution in [3.8, 4) is 0 Å². The average molecular weight is 453 g/mol. The van der Waals surface area contributed by atoms with Gasteiger partial charge in [-0.1, -0.05) is 64.8 Å². The van der Waals surface area contributed by atoms with Gasteiger partial charge in [-0.05, 0) is 73.9 Å². The minimum atomic E-state index is -0.326. The molecule has 0 amide bonds. The van der Waals surface area contributed by atoms with Crippen LogP contribution < -0.4 is 0 Å². The van der Waals surface area contributed by atoms with E-state index in [1.165, 1.54) is 11.1 Å². The summed E-state index contributed by atoms with van der Waals surface area (Å²) in [7, 11) is 0. The van der Waals surface area contributed by atoms with Crippen LogP contribution in [-0.2, 0) is 22.3 Å². The van der Waals surface area contributed by atoms with E-state index in [4.69, 9.17) is 9.47 Å². The van der Waals surface area contributed by atoms with E-state index in [0.29, 0.717) is 30.4 Å². The van der Waals surface area contributed by atoms with Gasteiger partial charge in [-0.15, -0.1) is 0 Å². The molecular formula is C29H40O4. The Morgan fingerprint density at radius 2 is 1.00 bits per heavy atom. The molecule has 0 spiro atoms. The summed E-state index contributed by atoms with van der Waals surface area (Å²) in [5, 5.41) is 0. The van der Waals surface area contributed by atoms with Crippen molar-refractivity contribution in [1.29, 1.82) is 0 Å². The summed E-state index contributed by atoms with van der Waals surface area (Å²) < 4.78 is 11.5. The summed E-state index contributed by atoms with van der Waals surface area (Å²) in [6.07, 6.45) is 7.85. The Bertz CT molecular complexity index is 767. The lowest BCUT2D eigenvalue weighted by atomic mass is 10.1. The van der Waals surface area contributed by atoms with Gasteiger partial charge in [-0.2, -0.15) is 0 Å². The van der Waals surface area contributed by atoms with Crippen molar-refractivity contribution in [2.75, 3.05) is 0 Å². The molecule has 2 unspecified atom stereocenters. The molecule has 0 N–H and O–H groups in total. The first kappa shape index (κ1) is 26.6. The Morgan fingerprint density at radius 1 is 0.636 bits per heavy atom. The van der Waals surface area contributed by atoms with Crippen LogP contribution in [0.5, 0.6) is 0 Å². The summed E-state index contributed by atoms with van der Waals surface area (Å²) in [6.45, 7) is 8.30. The van der Waals surface area contributed by atoms with Crippen LogP contribution in [0, 0.1) is 0 Å². The molecule has 4 heteroatoms. The van der Waals surface area contributed by atoms with E-state index in [9.17, 15) is 9.59 Å². The van der Waals surface area contributed by atoms with Gasteiger partial charge >= 0.3 is 11.9 Å². The van der Waals surface area contributed by atoms with Gasteiger partial charge < -0.3 is 9.47 Å². The number of esters is 2. The van der Waals surface area contributed by atoms with E-state index in [1.54, 1.807) is 0 Å². The smallest absolute Gasteiger partial charge is 0.338 e. The Balaban J connectivity index is 1.91. The number of benzene rings is 2. The standard InChI is InChI=1S/C29H40O4/c1-5-9-11-22-13-17-24(18-14-22)28(30)32-26(7-3)21-27(8-4)33-29(31)25-19-15-23(16-20-25)12-10-6-2/h13-20,26-27H,5-12,21H2,1-4H3. The minimum absolute atomic E-state index is 0.300. The zero-order valence-electron chi connectivity index (χ0n) is 20.8. The van der Waals surface area contributed by atoms with Crippen molar-refractivity contribution < 1.29 is 19.1 Å². The fourth-order valence-corrected chi connectivity index (χ4v) is 3.71. The second-order valence-electron chi connectivity index (χ2n) is 8.71. The average Bonchev–Trinajstić information content (AvgIpc) is 2.85. The molecule has 0 aliphatic rings. The molecule has 0 aliphatic heterocycles. The van der Waals surface area contributed by atoms with Crippen LogP contribution in [0.3, 0.4) is 0 Å². The third-order valence-corrected chi connectivity index (χ3v) is 6.00. The Morgan fingerprint density at radius 3 is 1.30 bits per heavy atom. The van der Waals surface area contributed by atoms with Crippen LogP contribution >= 0.6 is 0 Å². The van der Waals surface area contributed by atoms with Gasteiger partial charge in [0.05, 0.1) is 11.1 Å². The van der Waals surface area contributed by atoms with Gasteiger partial charge in [0.15, 0.2) is 0 Å². The molecular weight excluding hydrogens is 412 g/mol. The van der Waals surface area contributed by atoms with Crippen LogP contribution in [0.15, 0.2) is 48.5 Å². The number of rotatable bonds is 14. The van der Waals surface area contributed by atoms with Crippen LogP contribution in [-0.4, -0.2) is 24.1 Å².